The van der Waals surface area contributed by atoms with E-state index in [4.69, 9.17) is 18.9 Å². The Morgan fingerprint density at radius 3 is 2.73 bits per heavy atom. The quantitative estimate of drug-likeness (QED) is 0.643. The van der Waals surface area contributed by atoms with Crippen LogP contribution in [0.25, 0.3) is 0 Å². The van der Waals surface area contributed by atoms with Crippen LogP contribution in [0.2, 0.25) is 0 Å². The zero-order valence-corrected chi connectivity index (χ0v) is 19.1. The summed E-state index contributed by atoms with van der Waals surface area (Å²) in [5.74, 6) is 1.24. The van der Waals surface area contributed by atoms with Crippen molar-refractivity contribution < 1.29 is 28.5 Å². The summed E-state index contributed by atoms with van der Waals surface area (Å²) >= 11 is 0. The number of fused-ring (bicyclic) bond motifs is 8. The monoisotopic (exact) mass is 458 g/mol. The van der Waals surface area contributed by atoms with Gasteiger partial charge in [-0.1, -0.05) is 12.1 Å². The molecule has 0 radical (unpaired) electrons. The van der Waals surface area contributed by atoms with E-state index in [1.165, 1.54) is 5.56 Å². The maximum absolute atomic E-state index is 13.1. The largest absolute Gasteiger partial charge is 0.493 e. The number of morpholine rings is 1. The van der Waals surface area contributed by atoms with Gasteiger partial charge in [-0.25, -0.2) is 4.79 Å². The van der Waals surface area contributed by atoms with E-state index in [1.54, 1.807) is 4.90 Å². The van der Waals surface area contributed by atoms with Gasteiger partial charge in [-0.3, -0.25) is 4.79 Å². The van der Waals surface area contributed by atoms with Crippen LogP contribution in [0.5, 0.6) is 5.75 Å². The molecule has 180 valence electrons. The zero-order chi connectivity index (χ0) is 22.7. The van der Waals surface area contributed by atoms with Crippen molar-refractivity contribution in [2.45, 2.75) is 68.5 Å². The highest BCUT2D eigenvalue weighted by atomic mass is 16.6. The lowest BCUT2D eigenvalue weighted by Gasteiger charge is -2.51. The van der Waals surface area contributed by atoms with E-state index in [9.17, 15) is 9.59 Å². The van der Waals surface area contributed by atoms with Crippen LogP contribution in [-0.2, 0) is 19.0 Å². The zero-order valence-electron chi connectivity index (χ0n) is 19.1. The summed E-state index contributed by atoms with van der Waals surface area (Å²) in [6.45, 7) is 2.16. The van der Waals surface area contributed by atoms with Crippen LogP contribution in [0.4, 0.5) is 4.79 Å². The molecule has 1 N–H and O–H groups in total. The SMILES string of the molecule is O=C1COC[C@@]2(CCCN3C(=O)OCCCOc4cccc(c4)[C@H]4CC[C@H](CC4)OC[C@H]32)N1. The van der Waals surface area contributed by atoms with E-state index in [1.807, 2.05) is 6.07 Å². The van der Waals surface area contributed by atoms with Gasteiger partial charge in [0.2, 0.25) is 5.91 Å². The van der Waals surface area contributed by atoms with E-state index >= 15 is 0 Å². The van der Waals surface area contributed by atoms with Crippen LogP contribution in [0.1, 0.15) is 56.4 Å². The van der Waals surface area contributed by atoms with Crippen molar-refractivity contribution in [3.05, 3.63) is 29.8 Å². The van der Waals surface area contributed by atoms with Gasteiger partial charge < -0.3 is 29.2 Å². The molecule has 0 aromatic heterocycles. The molecule has 2 atom stereocenters. The van der Waals surface area contributed by atoms with E-state index < -0.39 is 5.54 Å². The van der Waals surface area contributed by atoms with Crippen molar-refractivity contribution in [2.75, 3.05) is 39.6 Å². The van der Waals surface area contributed by atoms with Crippen LogP contribution < -0.4 is 10.1 Å². The Morgan fingerprint density at radius 2 is 1.88 bits per heavy atom. The molecule has 2 saturated heterocycles. The van der Waals surface area contributed by atoms with Crippen molar-refractivity contribution in [1.29, 1.82) is 0 Å². The minimum absolute atomic E-state index is 0.0600. The molecule has 4 bridgehead atoms. The molecule has 6 rings (SSSR count). The number of nitrogens with one attached hydrogen (secondary N) is 1. The number of nitrogens with zero attached hydrogens (tertiary/aromatic N) is 1. The maximum Gasteiger partial charge on any atom is 0.410 e. The maximum atomic E-state index is 13.1. The van der Waals surface area contributed by atoms with Gasteiger partial charge in [0.1, 0.15) is 12.4 Å². The number of carbonyl (C=O) groups is 2. The molecule has 5 aliphatic rings. The van der Waals surface area contributed by atoms with Crippen LogP contribution in [0, 0.1) is 0 Å². The minimum atomic E-state index is -0.630. The molecule has 1 spiro atoms. The number of amides is 2. The summed E-state index contributed by atoms with van der Waals surface area (Å²) in [6, 6.07) is 8.05. The first-order chi connectivity index (χ1) is 16.1. The van der Waals surface area contributed by atoms with Crippen LogP contribution in [-0.4, -0.2) is 74.2 Å². The average molecular weight is 459 g/mol. The van der Waals surface area contributed by atoms with Crippen molar-refractivity contribution in [3.63, 3.8) is 0 Å². The highest BCUT2D eigenvalue weighted by molar-refractivity contribution is 5.79. The third-order valence-electron chi connectivity index (χ3n) is 7.53. The van der Waals surface area contributed by atoms with Gasteiger partial charge in [-0.15, -0.1) is 0 Å². The van der Waals surface area contributed by atoms with Crippen molar-refractivity contribution in [3.8, 4) is 5.75 Å². The lowest BCUT2D eigenvalue weighted by atomic mass is 9.80. The first kappa shape index (κ1) is 22.5. The molecule has 0 unspecified atom stereocenters. The van der Waals surface area contributed by atoms with Crippen molar-refractivity contribution in [2.24, 2.45) is 0 Å². The second-order valence-corrected chi connectivity index (χ2v) is 9.71. The van der Waals surface area contributed by atoms with Gasteiger partial charge in [0.05, 0.1) is 44.1 Å². The third kappa shape index (κ3) is 4.96. The Balaban J connectivity index is 1.36. The van der Waals surface area contributed by atoms with Crippen LogP contribution in [0.15, 0.2) is 24.3 Å². The minimum Gasteiger partial charge on any atom is -0.493 e. The Bertz CT molecular complexity index is 851. The highest BCUT2D eigenvalue weighted by Crippen LogP contribution is 2.37. The fraction of sp³-hybridized carbons (Fsp3) is 0.680. The number of hydrogen-bond donors (Lipinski definition) is 1. The Morgan fingerprint density at radius 1 is 1.03 bits per heavy atom. The topological polar surface area (TPSA) is 86.3 Å². The fourth-order valence-corrected chi connectivity index (χ4v) is 5.78. The summed E-state index contributed by atoms with van der Waals surface area (Å²) in [6.07, 6.45) is 6.01. The molecular weight excluding hydrogens is 424 g/mol. The molecule has 4 aliphatic heterocycles. The third-order valence-corrected chi connectivity index (χ3v) is 7.53. The summed E-state index contributed by atoms with van der Waals surface area (Å²) in [7, 11) is 0. The molecule has 8 nitrogen and oxygen atoms in total. The summed E-state index contributed by atoms with van der Waals surface area (Å²) < 4.78 is 23.6. The molecule has 1 aliphatic carbocycles. The number of piperidine rings is 1. The molecule has 1 saturated carbocycles. The molecular formula is C25H34N2O6. The standard InChI is InChI=1S/C25H34N2O6/c28-23-16-30-17-25(26-23)10-2-11-27-22(25)15-33-20-8-6-18(7-9-20)19-4-1-5-21(14-19)31-12-3-13-32-24(27)29/h1,4-5,14,18,20,22H,2-3,6-13,15-17H2,(H,26,28)/t18-,20+,22-,25+/m0/s1. The van der Waals surface area contributed by atoms with Gasteiger partial charge in [-0.05, 0) is 62.1 Å². The Hall–Kier alpha value is -2.32. The number of rotatable bonds is 0. The summed E-state index contributed by atoms with van der Waals surface area (Å²) in [5, 5.41) is 3.15. The highest BCUT2D eigenvalue weighted by Gasteiger charge is 2.50. The van der Waals surface area contributed by atoms with E-state index in [0.717, 1.165) is 44.3 Å². The molecule has 8 heteroatoms. The molecule has 33 heavy (non-hydrogen) atoms. The van der Waals surface area contributed by atoms with Gasteiger partial charge >= 0.3 is 6.09 Å². The van der Waals surface area contributed by atoms with Crippen LogP contribution in [0.3, 0.4) is 0 Å². The lowest BCUT2D eigenvalue weighted by molar-refractivity contribution is -0.144. The second kappa shape index (κ2) is 9.89. The molecule has 2 amide bonds. The number of benzene rings is 1. The molecule has 3 fully saturated rings. The molecule has 1 aromatic carbocycles. The van der Waals surface area contributed by atoms with Gasteiger partial charge in [0, 0.05) is 13.0 Å². The Kier molecular flexibility index (Phi) is 6.74. The first-order valence-corrected chi connectivity index (χ1v) is 12.3. The van der Waals surface area contributed by atoms with Gasteiger partial charge in [0.25, 0.3) is 0 Å². The van der Waals surface area contributed by atoms with E-state index in [0.29, 0.717) is 38.7 Å². The number of hydrogen-bond acceptors (Lipinski definition) is 6. The predicted molar refractivity (Wildman–Crippen MR) is 120 cm³/mol. The molecule has 4 heterocycles. The smallest absolute Gasteiger partial charge is 0.410 e. The van der Waals surface area contributed by atoms with Crippen molar-refractivity contribution in [1.82, 2.24) is 10.2 Å². The number of ether oxygens (including phenoxy) is 4. The fourth-order valence-electron chi connectivity index (χ4n) is 5.78. The Labute approximate surface area is 194 Å². The predicted octanol–water partition coefficient (Wildman–Crippen LogP) is 3.00. The summed E-state index contributed by atoms with van der Waals surface area (Å²) in [4.78, 5) is 27.0. The van der Waals surface area contributed by atoms with E-state index in [2.05, 4.69) is 23.5 Å². The average Bonchev–Trinajstić information content (AvgIpc) is 2.83. The van der Waals surface area contributed by atoms with E-state index in [-0.39, 0.29) is 37.4 Å². The van der Waals surface area contributed by atoms with Crippen molar-refractivity contribution >= 4 is 12.0 Å². The first-order valence-electron chi connectivity index (χ1n) is 12.3. The lowest BCUT2D eigenvalue weighted by Crippen LogP contribution is -2.72. The van der Waals surface area contributed by atoms with Gasteiger partial charge in [-0.2, -0.15) is 0 Å². The second-order valence-electron chi connectivity index (χ2n) is 9.71. The van der Waals surface area contributed by atoms with Crippen LogP contribution >= 0.6 is 0 Å². The van der Waals surface area contributed by atoms with Gasteiger partial charge in [0.15, 0.2) is 0 Å². The number of carbonyl (C=O) groups excluding carboxylic acids is 2. The summed E-state index contributed by atoms with van der Waals surface area (Å²) in [5.41, 5.74) is 0.691. The normalized spacial score (nSPS) is 33.5. The molecule has 1 aromatic rings.